The Hall–Kier alpha value is -0.380. The Bertz CT molecular complexity index is 233. The van der Waals surface area contributed by atoms with Crippen LogP contribution in [0.1, 0.15) is 6.42 Å². The summed E-state index contributed by atoms with van der Waals surface area (Å²) in [6.07, 6.45) is 0.846. The highest BCUT2D eigenvalue weighted by Crippen LogP contribution is 2.08. The van der Waals surface area contributed by atoms with Crippen LogP contribution in [0.15, 0.2) is 30.3 Å². The summed E-state index contributed by atoms with van der Waals surface area (Å²) in [4.78, 5) is 0. The molecule has 1 rings (SSSR count). The molecule has 0 spiro atoms. The van der Waals surface area contributed by atoms with E-state index < -0.39 is 0 Å². The van der Waals surface area contributed by atoms with E-state index in [2.05, 4.69) is 12.6 Å². The van der Waals surface area contributed by atoms with Gasteiger partial charge < -0.3 is 10.5 Å². The number of halogens is 1. The number of nitrogens with two attached hydrogens (primary N) is 1. The molecule has 1 aromatic rings. The van der Waals surface area contributed by atoms with Gasteiger partial charge >= 0.3 is 0 Å². The summed E-state index contributed by atoms with van der Waals surface area (Å²) in [5.41, 5.74) is 5.68. The first kappa shape index (κ1) is 13.6. The summed E-state index contributed by atoms with van der Waals surface area (Å²) in [6, 6.07) is 9.87. The number of rotatable bonds is 5. The molecule has 0 saturated heterocycles. The lowest BCUT2D eigenvalue weighted by molar-refractivity contribution is 0.302. The Labute approximate surface area is 96.7 Å². The van der Waals surface area contributed by atoms with E-state index in [4.69, 9.17) is 10.5 Å². The second kappa shape index (κ2) is 7.97. The van der Waals surface area contributed by atoms with Crippen LogP contribution in [-0.2, 0) is 0 Å². The minimum absolute atomic E-state index is 0. The van der Waals surface area contributed by atoms with E-state index >= 15 is 0 Å². The Morgan fingerprint density at radius 3 is 2.50 bits per heavy atom. The smallest absolute Gasteiger partial charge is 0.119 e. The van der Waals surface area contributed by atoms with Crippen molar-refractivity contribution in [2.45, 2.75) is 12.5 Å². The van der Waals surface area contributed by atoms with Gasteiger partial charge in [0.25, 0.3) is 0 Å². The molecule has 14 heavy (non-hydrogen) atoms. The van der Waals surface area contributed by atoms with Crippen molar-refractivity contribution >= 4 is 25.0 Å². The van der Waals surface area contributed by atoms with Crippen molar-refractivity contribution in [2.75, 3.05) is 12.4 Å². The Morgan fingerprint density at radius 2 is 1.93 bits per heavy atom. The highest BCUT2D eigenvalue weighted by atomic mass is 35.5. The van der Waals surface area contributed by atoms with Crippen LogP contribution in [0.3, 0.4) is 0 Å². The molecule has 1 atom stereocenters. The number of hydrogen-bond acceptors (Lipinski definition) is 3. The van der Waals surface area contributed by atoms with Gasteiger partial charge in [0.05, 0.1) is 6.61 Å². The number of benzene rings is 1. The molecule has 0 aliphatic rings. The first-order chi connectivity index (χ1) is 6.33. The number of hydrogen-bond donors (Lipinski definition) is 2. The van der Waals surface area contributed by atoms with Crippen molar-refractivity contribution in [1.29, 1.82) is 0 Å². The number of para-hydroxylation sites is 1. The minimum atomic E-state index is 0. The van der Waals surface area contributed by atoms with E-state index in [0.29, 0.717) is 12.4 Å². The first-order valence-corrected chi connectivity index (χ1v) is 5.00. The minimum Gasteiger partial charge on any atom is -0.494 e. The molecule has 0 saturated carbocycles. The summed E-state index contributed by atoms with van der Waals surface area (Å²) < 4.78 is 5.46. The molecule has 0 bridgehead atoms. The zero-order valence-electron chi connectivity index (χ0n) is 7.93. The van der Waals surface area contributed by atoms with Crippen LogP contribution in [0, 0.1) is 0 Å². The Balaban J connectivity index is 0.00000169. The van der Waals surface area contributed by atoms with E-state index in [-0.39, 0.29) is 18.4 Å². The first-order valence-electron chi connectivity index (χ1n) is 4.37. The quantitative estimate of drug-likeness (QED) is 0.765. The molecule has 1 aromatic carbocycles. The van der Waals surface area contributed by atoms with Gasteiger partial charge in [0, 0.05) is 11.8 Å². The maximum atomic E-state index is 5.68. The SMILES string of the molecule is Cl.NC(CS)CCOc1ccccc1. The van der Waals surface area contributed by atoms with Gasteiger partial charge in [-0.05, 0) is 18.6 Å². The summed E-state index contributed by atoms with van der Waals surface area (Å²) in [5.74, 6) is 1.60. The second-order valence-corrected chi connectivity index (χ2v) is 3.26. The van der Waals surface area contributed by atoms with Gasteiger partial charge in [-0.3, -0.25) is 0 Å². The zero-order valence-corrected chi connectivity index (χ0v) is 9.64. The lowest BCUT2D eigenvalue weighted by Crippen LogP contribution is -2.24. The van der Waals surface area contributed by atoms with Crippen LogP contribution in [-0.4, -0.2) is 18.4 Å². The topological polar surface area (TPSA) is 35.2 Å². The van der Waals surface area contributed by atoms with Gasteiger partial charge in [0.2, 0.25) is 0 Å². The number of thiol groups is 1. The van der Waals surface area contributed by atoms with E-state index in [1.54, 1.807) is 0 Å². The van der Waals surface area contributed by atoms with Crippen molar-refractivity contribution in [2.24, 2.45) is 5.73 Å². The fourth-order valence-corrected chi connectivity index (χ4v) is 1.12. The summed E-state index contributed by atoms with van der Waals surface area (Å²) in [7, 11) is 0. The summed E-state index contributed by atoms with van der Waals surface area (Å²) >= 11 is 4.10. The second-order valence-electron chi connectivity index (χ2n) is 2.89. The molecule has 0 aromatic heterocycles. The molecule has 0 heterocycles. The third-order valence-corrected chi connectivity index (χ3v) is 2.20. The molecule has 0 aliphatic heterocycles. The molecular formula is C10H16ClNOS. The fraction of sp³-hybridized carbons (Fsp3) is 0.400. The highest BCUT2D eigenvalue weighted by Gasteiger charge is 1.99. The van der Waals surface area contributed by atoms with Crippen molar-refractivity contribution in [1.82, 2.24) is 0 Å². The van der Waals surface area contributed by atoms with E-state index in [1.165, 1.54) is 0 Å². The van der Waals surface area contributed by atoms with Crippen molar-refractivity contribution in [3.05, 3.63) is 30.3 Å². The van der Waals surface area contributed by atoms with Crippen molar-refractivity contribution in [3.63, 3.8) is 0 Å². The molecule has 0 fully saturated rings. The lowest BCUT2D eigenvalue weighted by Gasteiger charge is -2.09. The molecule has 1 unspecified atom stereocenters. The molecule has 80 valence electrons. The van der Waals surface area contributed by atoms with Gasteiger partial charge in [0.1, 0.15) is 5.75 Å². The molecule has 2 nitrogen and oxygen atoms in total. The molecule has 0 radical (unpaired) electrons. The van der Waals surface area contributed by atoms with E-state index in [1.807, 2.05) is 30.3 Å². The maximum Gasteiger partial charge on any atom is 0.119 e. The maximum absolute atomic E-state index is 5.68. The van der Waals surface area contributed by atoms with Crippen LogP contribution in [0.2, 0.25) is 0 Å². The number of ether oxygens (including phenoxy) is 1. The Morgan fingerprint density at radius 1 is 1.29 bits per heavy atom. The third-order valence-electron chi connectivity index (χ3n) is 1.74. The van der Waals surface area contributed by atoms with Gasteiger partial charge in [0.15, 0.2) is 0 Å². The monoisotopic (exact) mass is 233 g/mol. The standard InChI is InChI=1S/C10H15NOS.ClH/c11-9(8-13)6-7-12-10-4-2-1-3-5-10;/h1-5,9,13H,6-8,11H2;1H. The molecule has 0 aliphatic carbocycles. The van der Waals surface area contributed by atoms with Gasteiger partial charge in [-0.1, -0.05) is 18.2 Å². The fourth-order valence-electron chi connectivity index (χ4n) is 0.936. The summed E-state index contributed by atoms with van der Waals surface area (Å²) in [5, 5.41) is 0. The zero-order chi connectivity index (χ0) is 9.52. The predicted molar refractivity (Wildman–Crippen MR) is 65.6 cm³/mol. The predicted octanol–water partition coefficient (Wildman–Crippen LogP) is 2.13. The molecule has 0 amide bonds. The normalized spacial score (nSPS) is 11.6. The van der Waals surface area contributed by atoms with Gasteiger partial charge in [-0.15, -0.1) is 12.4 Å². The Kier molecular flexibility index (Phi) is 7.76. The van der Waals surface area contributed by atoms with E-state index in [0.717, 1.165) is 12.2 Å². The average molecular weight is 234 g/mol. The van der Waals surface area contributed by atoms with Crippen molar-refractivity contribution in [3.8, 4) is 5.75 Å². The average Bonchev–Trinajstić information content (AvgIpc) is 2.19. The van der Waals surface area contributed by atoms with Crippen LogP contribution >= 0.6 is 25.0 Å². The molecule has 2 N–H and O–H groups in total. The van der Waals surface area contributed by atoms with Crippen LogP contribution < -0.4 is 10.5 Å². The van der Waals surface area contributed by atoms with Gasteiger partial charge in [-0.2, -0.15) is 12.6 Å². The van der Waals surface area contributed by atoms with E-state index in [9.17, 15) is 0 Å². The lowest BCUT2D eigenvalue weighted by atomic mass is 10.3. The van der Waals surface area contributed by atoms with Gasteiger partial charge in [-0.25, -0.2) is 0 Å². The summed E-state index contributed by atoms with van der Waals surface area (Å²) in [6.45, 7) is 0.658. The van der Waals surface area contributed by atoms with Crippen molar-refractivity contribution < 1.29 is 4.74 Å². The van der Waals surface area contributed by atoms with Crippen LogP contribution in [0.4, 0.5) is 0 Å². The third kappa shape index (κ3) is 5.37. The van der Waals surface area contributed by atoms with Crippen LogP contribution in [0.25, 0.3) is 0 Å². The largest absolute Gasteiger partial charge is 0.494 e. The molecular weight excluding hydrogens is 218 g/mol. The molecule has 4 heteroatoms. The highest BCUT2D eigenvalue weighted by molar-refractivity contribution is 7.80. The van der Waals surface area contributed by atoms with Crippen LogP contribution in [0.5, 0.6) is 5.75 Å².